The van der Waals surface area contributed by atoms with Crippen LogP contribution in [0.15, 0.2) is 42.5 Å². The van der Waals surface area contributed by atoms with Crippen LogP contribution in [0.5, 0.6) is 11.5 Å². The molecule has 0 bridgehead atoms. The van der Waals surface area contributed by atoms with Crippen molar-refractivity contribution in [2.45, 2.75) is 38.0 Å². The monoisotopic (exact) mass is 490 g/mol. The van der Waals surface area contributed by atoms with Gasteiger partial charge in [-0.2, -0.15) is 5.26 Å². The molecule has 0 radical (unpaired) electrons. The lowest BCUT2D eigenvalue weighted by atomic mass is 10.00. The van der Waals surface area contributed by atoms with E-state index >= 15 is 0 Å². The number of rotatable bonds is 7. The Hall–Kier alpha value is -3.12. The molecule has 0 spiro atoms. The number of ether oxygens (including phenoxy) is 2. The number of likely N-dealkylation sites (tertiary alicyclic amines) is 1. The third-order valence-corrected chi connectivity index (χ3v) is 7.33. The molecule has 0 aromatic heterocycles. The number of carbonyl (C=O) groups excluding carboxylic acids is 1. The van der Waals surface area contributed by atoms with Crippen LogP contribution in [-0.2, 0) is 13.0 Å². The van der Waals surface area contributed by atoms with E-state index in [0.717, 1.165) is 45.4 Å². The van der Waals surface area contributed by atoms with Gasteiger partial charge in [-0.1, -0.05) is 24.3 Å². The maximum atomic E-state index is 13.3. The topological polar surface area (TPSA) is 89.3 Å². The van der Waals surface area contributed by atoms with Gasteiger partial charge >= 0.3 is 0 Å². The van der Waals surface area contributed by atoms with E-state index in [4.69, 9.17) is 14.7 Å². The van der Waals surface area contributed by atoms with E-state index in [1.165, 1.54) is 11.1 Å². The zero-order chi connectivity index (χ0) is 24.9. The minimum Gasteiger partial charge on any atom is -0.491 e. The zero-order valence-electron chi connectivity index (χ0n) is 20.6. The zero-order valence-corrected chi connectivity index (χ0v) is 20.6. The highest BCUT2D eigenvalue weighted by atomic mass is 16.5. The molecule has 3 aliphatic rings. The summed E-state index contributed by atoms with van der Waals surface area (Å²) in [5.74, 6) is 1.10. The van der Waals surface area contributed by atoms with E-state index in [0.29, 0.717) is 43.3 Å². The number of aliphatic hydroxyl groups is 1. The standard InChI is InChI=1S/C28H34N4O4/c29-10-14-30-12-8-24(9-13-30)36-25-5-6-26-27(17-25)35-16-15-32(28(26)34)20-23(33)19-31-11-7-21-3-1-2-4-22(21)18-31/h1-6,17,23-24,33H,7-9,11-16,18-20H2/t23-/m1/s1. The molecule has 0 unspecified atom stereocenters. The van der Waals surface area contributed by atoms with Gasteiger partial charge in [-0.15, -0.1) is 0 Å². The highest BCUT2D eigenvalue weighted by molar-refractivity contribution is 5.97. The minimum atomic E-state index is -0.629. The van der Waals surface area contributed by atoms with E-state index in [1.807, 2.05) is 6.07 Å². The first-order chi connectivity index (χ1) is 17.6. The van der Waals surface area contributed by atoms with Crippen LogP contribution < -0.4 is 9.47 Å². The summed E-state index contributed by atoms with van der Waals surface area (Å²) in [7, 11) is 0. The van der Waals surface area contributed by atoms with Crippen molar-refractivity contribution in [3.05, 3.63) is 59.2 Å². The van der Waals surface area contributed by atoms with Crippen LogP contribution in [0.4, 0.5) is 0 Å². The first-order valence-corrected chi connectivity index (χ1v) is 12.9. The molecule has 8 heteroatoms. The number of amides is 1. The fourth-order valence-electron chi connectivity index (χ4n) is 5.38. The largest absolute Gasteiger partial charge is 0.491 e. The lowest BCUT2D eigenvalue weighted by Crippen LogP contribution is -2.44. The van der Waals surface area contributed by atoms with Crippen LogP contribution in [0.3, 0.4) is 0 Å². The van der Waals surface area contributed by atoms with E-state index in [-0.39, 0.29) is 18.6 Å². The second kappa shape index (κ2) is 11.3. The summed E-state index contributed by atoms with van der Waals surface area (Å²) in [5, 5.41) is 19.7. The quantitative estimate of drug-likeness (QED) is 0.596. The number of benzene rings is 2. The fourth-order valence-corrected chi connectivity index (χ4v) is 5.38. The third-order valence-electron chi connectivity index (χ3n) is 7.33. The molecule has 190 valence electrons. The van der Waals surface area contributed by atoms with Gasteiger partial charge in [-0.05, 0) is 42.5 Å². The SMILES string of the molecule is N#CCN1CCC(Oc2ccc3c(c2)OCCN(C[C@H](O)CN2CCc4ccccc4C2)C3=O)CC1. The molecular weight excluding hydrogens is 456 g/mol. The summed E-state index contributed by atoms with van der Waals surface area (Å²) in [5.41, 5.74) is 3.20. The molecule has 1 saturated heterocycles. The first kappa shape index (κ1) is 24.6. The lowest BCUT2D eigenvalue weighted by molar-refractivity contribution is 0.0501. The normalized spacial score (nSPS) is 20.0. The molecule has 0 aliphatic carbocycles. The highest BCUT2D eigenvalue weighted by Gasteiger charge is 2.28. The molecule has 0 saturated carbocycles. The number of carbonyl (C=O) groups is 1. The molecule has 1 amide bonds. The van der Waals surface area contributed by atoms with Gasteiger partial charge in [-0.25, -0.2) is 0 Å². The predicted octanol–water partition coefficient (Wildman–Crippen LogP) is 2.31. The smallest absolute Gasteiger partial charge is 0.257 e. The van der Waals surface area contributed by atoms with Gasteiger partial charge in [-0.3, -0.25) is 14.6 Å². The van der Waals surface area contributed by atoms with Gasteiger partial charge in [0.05, 0.1) is 30.8 Å². The second-order valence-corrected chi connectivity index (χ2v) is 9.92. The average molecular weight is 491 g/mol. The molecule has 1 atom stereocenters. The first-order valence-electron chi connectivity index (χ1n) is 12.9. The molecule has 3 aliphatic heterocycles. The van der Waals surface area contributed by atoms with Crippen LogP contribution in [0.1, 0.15) is 34.3 Å². The lowest BCUT2D eigenvalue weighted by Gasteiger charge is -2.32. The summed E-state index contributed by atoms with van der Waals surface area (Å²) < 4.78 is 12.1. The Balaban J connectivity index is 1.16. The van der Waals surface area contributed by atoms with Crippen molar-refractivity contribution in [3.8, 4) is 17.6 Å². The van der Waals surface area contributed by atoms with Gasteiger partial charge in [0.15, 0.2) is 0 Å². The molecule has 2 aromatic rings. The third kappa shape index (κ3) is 5.81. The van der Waals surface area contributed by atoms with Gasteiger partial charge in [0.2, 0.25) is 0 Å². The van der Waals surface area contributed by atoms with Crippen molar-refractivity contribution < 1.29 is 19.4 Å². The number of hydrogen-bond donors (Lipinski definition) is 1. The van der Waals surface area contributed by atoms with E-state index in [1.54, 1.807) is 17.0 Å². The van der Waals surface area contributed by atoms with E-state index < -0.39 is 6.10 Å². The molecular formula is C28H34N4O4. The molecule has 1 fully saturated rings. The van der Waals surface area contributed by atoms with Crippen molar-refractivity contribution in [2.24, 2.45) is 0 Å². The Morgan fingerprint density at radius 1 is 1.06 bits per heavy atom. The molecule has 5 rings (SSSR count). The second-order valence-electron chi connectivity index (χ2n) is 9.92. The van der Waals surface area contributed by atoms with Crippen LogP contribution >= 0.6 is 0 Å². The van der Waals surface area contributed by atoms with Crippen LogP contribution in [0.25, 0.3) is 0 Å². The van der Waals surface area contributed by atoms with E-state index in [9.17, 15) is 9.90 Å². The molecule has 3 heterocycles. The number of piperidine rings is 1. The van der Waals surface area contributed by atoms with Crippen LogP contribution in [-0.4, -0.2) is 90.3 Å². The maximum Gasteiger partial charge on any atom is 0.257 e. The molecule has 36 heavy (non-hydrogen) atoms. The van der Waals surface area contributed by atoms with Gasteiger partial charge in [0.1, 0.15) is 24.2 Å². The number of β-amino-alcohol motifs (C(OH)–C–C–N with tert-alkyl or cyclic N) is 1. The number of fused-ring (bicyclic) bond motifs is 2. The summed E-state index contributed by atoms with van der Waals surface area (Å²) >= 11 is 0. The Kier molecular flexibility index (Phi) is 7.71. The number of aliphatic hydroxyl groups excluding tert-OH is 1. The average Bonchev–Trinajstić information content (AvgIpc) is 3.03. The Morgan fingerprint density at radius 2 is 1.86 bits per heavy atom. The Morgan fingerprint density at radius 3 is 2.67 bits per heavy atom. The summed E-state index contributed by atoms with van der Waals surface area (Å²) in [6.07, 6.45) is 2.18. The van der Waals surface area contributed by atoms with Gasteiger partial charge in [0.25, 0.3) is 5.91 Å². The Labute approximate surface area is 212 Å². The predicted molar refractivity (Wildman–Crippen MR) is 135 cm³/mol. The van der Waals surface area contributed by atoms with Crippen molar-refractivity contribution in [1.29, 1.82) is 5.26 Å². The van der Waals surface area contributed by atoms with Crippen LogP contribution in [0.2, 0.25) is 0 Å². The maximum absolute atomic E-state index is 13.3. The molecule has 1 N–H and O–H groups in total. The number of hydrogen-bond acceptors (Lipinski definition) is 7. The minimum absolute atomic E-state index is 0.0906. The van der Waals surface area contributed by atoms with E-state index in [2.05, 4.69) is 40.1 Å². The summed E-state index contributed by atoms with van der Waals surface area (Å²) in [6, 6.07) is 16.1. The molecule has 8 nitrogen and oxygen atoms in total. The van der Waals surface area contributed by atoms with Crippen molar-refractivity contribution in [3.63, 3.8) is 0 Å². The Bertz CT molecular complexity index is 1110. The summed E-state index contributed by atoms with van der Waals surface area (Å²) in [4.78, 5) is 19.4. The fraction of sp³-hybridized carbons (Fsp3) is 0.500. The number of nitriles is 1. The van der Waals surface area contributed by atoms with Gasteiger partial charge in [0, 0.05) is 45.3 Å². The highest BCUT2D eigenvalue weighted by Crippen LogP contribution is 2.30. The summed E-state index contributed by atoms with van der Waals surface area (Å²) in [6.45, 7) is 5.50. The van der Waals surface area contributed by atoms with Crippen LogP contribution in [0, 0.1) is 11.3 Å². The van der Waals surface area contributed by atoms with Crippen molar-refractivity contribution in [1.82, 2.24) is 14.7 Å². The van der Waals surface area contributed by atoms with Gasteiger partial charge < -0.3 is 19.5 Å². The van der Waals surface area contributed by atoms with Crippen molar-refractivity contribution in [2.75, 3.05) is 52.4 Å². The van der Waals surface area contributed by atoms with Crippen molar-refractivity contribution >= 4 is 5.91 Å². The molecule has 2 aromatic carbocycles. The number of nitrogens with zero attached hydrogens (tertiary/aromatic N) is 4.